The molecule has 0 saturated heterocycles. The molecular formula is C45H38P2. The standard InChI is InChI=1S/C45H38P2/c1-3-20-38(21-4-1)46(44-40-24-11-7-16-34(40)28-29-35-17-8-12-25-41(35)44)32-15-33-47(39-22-5-2-6-23-39)45-42-26-13-9-18-36(42)30-31-37-19-10-14-27-43(37)45/h1-14,16-31,44-45H,15,32-33H2. The van der Waals surface area contributed by atoms with E-state index in [-0.39, 0.29) is 0 Å². The van der Waals surface area contributed by atoms with Crippen LogP contribution in [-0.2, 0) is 0 Å². The minimum absolute atomic E-state index is 0.348. The van der Waals surface area contributed by atoms with Crippen molar-refractivity contribution >= 4 is 50.8 Å². The fraction of sp³-hybridized carbons (Fsp3) is 0.111. The summed E-state index contributed by atoms with van der Waals surface area (Å²) in [5.41, 5.74) is 12.0. The van der Waals surface area contributed by atoms with Gasteiger partial charge in [0.25, 0.3) is 0 Å². The van der Waals surface area contributed by atoms with Crippen molar-refractivity contribution in [3.8, 4) is 0 Å². The highest BCUT2D eigenvalue weighted by molar-refractivity contribution is 7.67. The summed E-state index contributed by atoms with van der Waals surface area (Å²) in [6.45, 7) is 0. The quantitative estimate of drug-likeness (QED) is 0.145. The van der Waals surface area contributed by atoms with Gasteiger partial charge in [-0.2, -0.15) is 0 Å². The summed E-state index contributed by atoms with van der Waals surface area (Å²) in [5.74, 6) is 0. The van der Waals surface area contributed by atoms with Gasteiger partial charge in [-0.25, -0.2) is 0 Å². The molecule has 2 heteroatoms. The fourth-order valence-electron chi connectivity index (χ4n) is 7.48. The molecule has 0 fully saturated rings. The van der Waals surface area contributed by atoms with E-state index >= 15 is 0 Å². The fourth-order valence-corrected chi connectivity index (χ4v) is 13.7. The minimum Gasteiger partial charge on any atom is -0.0631 e. The third-order valence-electron chi connectivity index (χ3n) is 9.64. The third-order valence-corrected chi connectivity index (χ3v) is 15.5. The summed E-state index contributed by atoms with van der Waals surface area (Å²) >= 11 is 0. The van der Waals surface area contributed by atoms with Crippen LogP contribution >= 0.6 is 15.8 Å². The number of benzene rings is 6. The molecule has 0 aliphatic heterocycles. The van der Waals surface area contributed by atoms with Crippen LogP contribution in [0.15, 0.2) is 158 Å². The van der Waals surface area contributed by atoms with Gasteiger partial charge in [-0.15, -0.1) is 0 Å². The first kappa shape index (κ1) is 30.0. The molecule has 2 aliphatic rings. The normalized spacial score (nSPS) is 15.0. The van der Waals surface area contributed by atoms with Gasteiger partial charge in [0.2, 0.25) is 0 Å². The Morgan fingerprint density at radius 3 is 0.915 bits per heavy atom. The molecule has 0 radical (unpaired) electrons. The molecule has 47 heavy (non-hydrogen) atoms. The molecule has 0 aromatic heterocycles. The van der Waals surface area contributed by atoms with E-state index in [2.05, 4.69) is 182 Å². The Bertz CT molecular complexity index is 1790. The average molecular weight is 641 g/mol. The molecule has 0 nitrogen and oxygen atoms in total. The van der Waals surface area contributed by atoms with Crippen LogP contribution in [0.4, 0.5) is 0 Å². The summed E-state index contributed by atoms with van der Waals surface area (Å²) < 4.78 is 0. The number of fused-ring (bicyclic) bond motifs is 4. The van der Waals surface area contributed by atoms with Crippen LogP contribution in [0.1, 0.15) is 62.2 Å². The van der Waals surface area contributed by atoms with Crippen LogP contribution in [0.2, 0.25) is 0 Å². The highest BCUT2D eigenvalue weighted by Crippen LogP contribution is 2.60. The number of hydrogen-bond donors (Lipinski definition) is 0. The van der Waals surface area contributed by atoms with E-state index in [9.17, 15) is 0 Å². The van der Waals surface area contributed by atoms with Gasteiger partial charge in [0, 0.05) is 11.3 Å². The van der Waals surface area contributed by atoms with Gasteiger partial charge in [-0.1, -0.05) is 198 Å². The van der Waals surface area contributed by atoms with Crippen LogP contribution in [0, 0.1) is 0 Å². The molecule has 0 saturated carbocycles. The van der Waals surface area contributed by atoms with Crippen molar-refractivity contribution < 1.29 is 0 Å². The van der Waals surface area contributed by atoms with Crippen molar-refractivity contribution in [2.24, 2.45) is 0 Å². The predicted molar refractivity (Wildman–Crippen MR) is 208 cm³/mol. The van der Waals surface area contributed by atoms with Gasteiger partial charge in [0.05, 0.1) is 0 Å². The molecule has 2 unspecified atom stereocenters. The maximum Gasteiger partial charge on any atom is 0.0344 e. The van der Waals surface area contributed by atoms with Crippen molar-refractivity contribution in [2.45, 2.75) is 17.7 Å². The lowest BCUT2D eigenvalue weighted by atomic mass is 9.99. The zero-order valence-electron chi connectivity index (χ0n) is 26.5. The first-order valence-corrected chi connectivity index (χ1v) is 19.9. The van der Waals surface area contributed by atoms with E-state index in [0.29, 0.717) is 11.3 Å². The smallest absolute Gasteiger partial charge is 0.0344 e. The summed E-state index contributed by atoms with van der Waals surface area (Å²) in [6.07, 6.45) is 12.9. The maximum atomic E-state index is 2.39. The topological polar surface area (TPSA) is 0 Å². The summed E-state index contributed by atoms with van der Waals surface area (Å²) in [7, 11) is -1.07. The lowest BCUT2D eigenvalue weighted by Crippen LogP contribution is -2.16. The zero-order chi connectivity index (χ0) is 31.4. The van der Waals surface area contributed by atoms with E-state index in [1.807, 2.05) is 0 Å². The van der Waals surface area contributed by atoms with Crippen molar-refractivity contribution in [1.29, 1.82) is 0 Å². The third kappa shape index (κ3) is 6.10. The Labute approximate surface area is 282 Å². The SMILES string of the molecule is C1=Cc2ccccc2C(P(CCCP(c2ccccc2)C2c3ccccc3C=Cc3ccccc32)c2ccccc2)c2ccccc21. The molecule has 0 bridgehead atoms. The second-order valence-electron chi connectivity index (χ2n) is 12.4. The van der Waals surface area contributed by atoms with Crippen LogP contribution in [0.3, 0.4) is 0 Å². The molecule has 228 valence electrons. The molecule has 0 spiro atoms. The van der Waals surface area contributed by atoms with Crippen LogP contribution in [-0.4, -0.2) is 12.3 Å². The van der Waals surface area contributed by atoms with E-state index in [1.54, 1.807) is 0 Å². The molecule has 6 aromatic carbocycles. The molecular weight excluding hydrogens is 602 g/mol. The van der Waals surface area contributed by atoms with Crippen LogP contribution in [0.25, 0.3) is 24.3 Å². The van der Waals surface area contributed by atoms with E-state index in [4.69, 9.17) is 0 Å². The first-order chi connectivity index (χ1) is 23.3. The van der Waals surface area contributed by atoms with Gasteiger partial charge in [-0.3, -0.25) is 0 Å². The molecule has 2 aliphatic carbocycles. The largest absolute Gasteiger partial charge is 0.0631 e. The Balaban J connectivity index is 1.20. The van der Waals surface area contributed by atoms with Crippen molar-refractivity contribution in [3.05, 3.63) is 202 Å². The predicted octanol–water partition coefficient (Wildman–Crippen LogP) is 11.5. The van der Waals surface area contributed by atoms with Gasteiger partial charge in [-0.05, 0) is 73.9 Å². The summed E-state index contributed by atoms with van der Waals surface area (Å²) in [5, 5.41) is 3.00. The molecule has 6 aromatic rings. The van der Waals surface area contributed by atoms with Gasteiger partial charge in [0.1, 0.15) is 0 Å². The molecule has 0 N–H and O–H groups in total. The Morgan fingerprint density at radius 1 is 0.319 bits per heavy atom. The highest BCUT2D eigenvalue weighted by Gasteiger charge is 2.33. The Hall–Kier alpha value is -4.34. The van der Waals surface area contributed by atoms with Gasteiger partial charge < -0.3 is 0 Å². The second-order valence-corrected chi connectivity index (χ2v) is 17.2. The zero-order valence-corrected chi connectivity index (χ0v) is 28.3. The molecule has 0 heterocycles. The molecule has 8 rings (SSSR count). The first-order valence-electron chi connectivity index (χ1n) is 16.7. The number of hydrogen-bond acceptors (Lipinski definition) is 0. The Morgan fingerprint density at radius 2 is 0.596 bits per heavy atom. The summed E-state index contributed by atoms with van der Waals surface area (Å²) in [6, 6.07) is 59.2. The highest BCUT2D eigenvalue weighted by atomic mass is 31.1. The van der Waals surface area contributed by atoms with Gasteiger partial charge in [0.15, 0.2) is 0 Å². The maximum absolute atomic E-state index is 2.39. The lowest BCUT2D eigenvalue weighted by molar-refractivity contribution is 1.04. The van der Waals surface area contributed by atoms with Crippen LogP contribution < -0.4 is 10.6 Å². The molecule has 0 amide bonds. The van der Waals surface area contributed by atoms with E-state index in [0.717, 1.165) is 0 Å². The minimum atomic E-state index is -0.534. The molecule has 2 atom stereocenters. The monoisotopic (exact) mass is 640 g/mol. The lowest BCUT2D eigenvalue weighted by Gasteiger charge is -2.33. The van der Waals surface area contributed by atoms with Crippen molar-refractivity contribution in [3.63, 3.8) is 0 Å². The van der Waals surface area contributed by atoms with E-state index in [1.165, 1.54) is 73.9 Å². The van der Waals surface area contributed by atoms with Crippen molar-refractivity contribution in [1.82, 2.24) is 0 Å². The Kier molecular flexibility index (Phi) is 8.81. The van der Waals surface area contributed by atoms with E-state index < -0.39 is 15.8 Å². The van der Waals surface area contributed by atoms with Crippen LogP contribution in [0.5, 0.6) is 0 Å². The summed E-state index contributed by atoms with van der Waals surface area (Å²) in [4.78, 5) is 0. The average Bonchev–Trinajstić information content (AvgIpc) is 3.41. The second kappa shape index (κ2) is 13.8. The van der Waals surface area contributed by atoms with Gasteiger partial charge >= 0.3 is 0 Å². The number of rotatable bonds is 8. The van der Waals surface area contributed by atoms with Crippen molar-refractivity contribution in [2.75, 3.05) is 12.3 Å².